The van der Waals surface area contributed by atoms with Gasteiger partial charge in [-0.05, 0) is 13.8 Å². The maximum absolute atomic E-state index is 12.0. The van der Waals surface area contributed by atoms with E-state index < -0.39 is 10.0 Å². The number of nitrogens with two attached hydrogens (primary N) is 1. The average molecular weight is 276 g/mol. The van der Waals surface area contributed by atoms with E-state index >= 15 is 0 Å². The van der Waals surface area contributed by atoms with E-state index in [-0.39, 0.29) is 10.9 Å². The predicted octanol–water partition coefficient (Wildman–Crippen LogP) is -0.455. The van der Waals surface area contributed by atoms with Crippen molar-refractivity contribution in [1.29, 1.82) is 0 Å². The average Bonchev–Trinajstić information content (AvgIpc) is 2.75. The largest absolute Gasteiger partial charge is 0.380 e. The smallest absolute Gasteiger partial charge is 0.244 e. The summed E-state index contributed by atoms with van der Waals surface area (Å²) < 4.78 is 33.1. The van der Waals surface area contributed by atoms with E-state index in [1.165, 1.54) is 17.1 Å². The Labute approximate surface area is 107 Å². The Morgan fingerprint density at radius 3 is 2.94 bits per heavy atom. The molecule has 1 aromatic heterocycles. The molecule has 0 saturated carbocycles. The Morgan fingerprint density at radius 2 is 2.33 bits per heavy atom. The fourth-order valence-corrected chi connectivity index (χ4v) is 2.58. The zero-order valence-corrected chi connectivity index (χ0v) is 11.5. The molecule has 0 aliphatic rings. The number of sulfonamides is 1. The summed E-state index contributed by atoms with van der Waals surface area (Å²) in [6, 6.07) is -0.284. The molecule has 0 aromatic carbocycles. The van der Waals surface area contributed by atoms with Crippen molar-refractivity contribution in [3.05, 3.63) is 12.4 Å². The summed E-state index contributed by atoms with van der Waals surface area (Å²) >= 11 is 0. The van der Waals surface area contributed by atoms with Crippen LogP contribution in [0.4, 0.5) is 0 Å². The van der Waals surface area contributed by atoms with Crippen molar-refractivity contribution in [1.82, 2.24) is 14.5 Å². The molecule has 0 spiro atoms. The molecular weight excluding hydrogens is 256 g/mol. The second kappa shape index (κ2) is 6.83. The molecule has 0 aliphatic heterocycles. The van der Waals surface area contributed by atoms with Gasteiger partial charge in [0.25, 0.3) is 0 Å². The van der Waals surface area contributed by atoms with Gasteiger partial charge in [0.05, 0.1) is 19.3 Å². The first-order valence-corrected chi connectivity index (χ1v) is 7.30. The monoisotopic (exact) mass is 276 g/mol. The van der Waals surface area contributed by atoms with Crippen molar-refractivity contribution in [3.8, 4) is 0 Å². The molecule has 0 saturated heterocycles. The van der Waals surface area contributed by atoms with Crippen LogP contribution in [0.3, 0.4) is 0 Å². The maximum Gasteiger partial charge on any atom is 0.244 e. The number of aromatic nitrogens is 2. The molecule has 1 heterocycles. The summed E-state index contributed by atoms with van der Waals surface area (Å²) in [5.41, 5.74) is 5.37. The highest BCUT2D eigenvalue weighted by Gasteiger charge is 2.19. The molecule has 1 aromatic rings. The minimum atomic E-state index is -3.54. The lowest BCUT2D eigenvalue weighted by molar-refractivity contribution is 0.133. The Hall–Kier alpha value is -0.960. The fourth-order valence-electron chi connectivity index (χ4n) is 1.40. The van der Waals surface area contributed by atoms with E-state index in [1.54, 1.807) is 6.92 Å². The molecule has 3 N–H and O–H groups in total. The third-order valence-electron chi connectivity index (χ3n) is 2.21. The molecule has 7 nitrogen and oxygen atoms in total. The van der Waals surface area contributed by atoms with Crippen molar-refractivity contribution in [2.24, 2.45) is 5.73 Å². The van der Waals surface area contributed by atoms with E-state index in [2.05, 4.69) is 9.82 Å². The third kappa shape index (κ3) is 4.37. The second-order valence-corrected chi connectivity index (χ2v) is 5.62. The van der Waals surface area contributed by atoms with E-state index in [0.29, 0.717) is 26.3 Å². The van der Waals surface area contributed by atoms with Gasteiger partial charge < -0.3 is 10.5 Å². The van der Waals surface area contributed by atoms with Gasteiger partial charge in [-0.2, -0.15) is 5.10 Å². The van der Waals surface area contributed by atoms with Crippen LogP contribution in [0.25, 0.3) is 0 Å². The van der Waals surface area contributed by atoms with Crippen molar-refractivity contribution >= 4 is 10.0 Å². The number of nitrogens with zero attached hydrogens (tertiary/aromatic N) is 2. The lowest BCUT2D eigenvalue weighted by Gasteiger charge is -2.12. The number of nitrogens with one attached hydrogen (secondary N) is 1. The molecule has 1 unspecified atom stereocenters. The molecule has 8 heteroatoms. The van der Waals surface area contributed by atoms with Crippen molar-refractivity contribution in [3.63, 3.8) is 0 Å². The first kappa shape index (κ1) is 15.1. The summed E-state index contributed by atoms with van der Waals surface area (Å²) in [6.45, 7) is 5.40. The third-order valence-corrected chi connectivity index (χ3v) is 3.75. The highest BCUT2D eigenvalue weighted by molar-refractivity contribution is 7.89. The number of hydrogen-bond acceptors (Lipinski definition) is 5. The topological polar surface area (TPSA) is 99.2 Å². The van der Waals surface area contributed by atoms with Gasteiger partial charge in [0.2, 0.25) is 10.0 Å². The molecule has 0 amide bonds. The van der Waals surface area contributed by atoms with Crippen LogP contribution in [0.5, 0.6) is 0 Å². The highest BCUT2D eigenvalue weighted by atomic mass is 32.2. The quantitative estimate of drug-likeness (QED) is 0.669. The normalized spacial score (nSPS) is 13.7. The van der Waals surface area contributed by atoms with Crippen LogP contribution in [-0.4, -0.2) is 44.0 Å². The lowest BCUT2D eigenvalue weighted by Crippen LogP contribution is -2.35. The molecule has 0 bridgehead atoms. The molecule has 104 valence electrons. The minimum absolute atomic E-state index is 0.138. The summed E-state index contributed by atoms with van der Waals surface area (Å²) in [5, 5.41) is 3.93. The van der Waals surface area contributed by atoms with Crippen LogP contribution < -0.4 is 10.5 Å². The zero-order valence-electron chi connectivity index (χ0n) is 10.7. The fraction of sp³-hybridized carbons (Fsp3) is 0.700. The predicted molar refractivity (Wildman–Crippen MR) is 67.6 cm³/mol. The SMILES string of the molecule is CCOCC(C)NS(=O)(=O)c1cnn(CCN)c1. The van der Waals surface area contributed by atoms with Gasteiger partial charge >= 0.3 is 0 Å². The summed E-state index contributed by atoms with van der Waals surface area (Å²) in [7, 11) is -3.54. The Kier molecular flexibility index (Phi) is 5.73. The standard InChI is InChI=1S/C10H20N4O3S/c1-3-17-8-9(2)13-18(15,16)10-6-12-14(7-10)5-4-11/h6-7,9,13H,3-5,8,11H2,1-2H3. The molecule has 1 rings (SSSR count). The van der Waals surface area contributed by atoms with E-state index in [1.807, 2.05) is 6.92 Å². The van der Waals surface area contributed by atoms with Crippen LogP contribution in [0.15, 0.2) is 17.3 Å². The molecular formula is C10H20N4O3S. The van der Waals surface area contributed by atoms with Gasteiger partial charge in [-0.3, -0.25) is 4.68 Å². The summed E-state index contributed by atoms with van der Waals surface area (Å²) in [6.07, 6.45) is 2.77. The van der Waals surface area contributed by atoms with E-state index in [4.69, 9.17) is 10.5 Å². The van der Waals surface area contributed by atoms with Crippen molar-refractivity contribution < 1.29 is 13.2 Å². The second-order valence-electron chi connectivity index (χ2n) is 3.91. The number of ether oxygens (including phenoxy) is 1. The Morgan fingerprint density at radius 1 is 1.61 bits per heavy atom. The first-order chi connectivity index (χ1) is 8.49. The molecule has 0 radical (unpaired) electrons. The van der Waals surface area contributed by atoms with Crippen LogP contribution in [0.1, 0.15) is 13.8 Å². The van der Waals surface area contributed by atoms with Crippen LogP contribution in [-0.2, 0) is 21.3 Å². The van der Waals surface area contributed by atoms with Crippen LogP contribution in [0, 0.1) is 0 Å². The maximum atomic E-state index is 12.0. The summed E-state index contributed by atoms with van der Waals surface area (Å²) in [5.74, 6) is 0. The van der Waals surface area contributed by atoms with E-state index in [0.717, 1.165) is 0 Å². The number of rotatable bonds is 8. The molecule has 1 atom stereocenters. The van der Waals surface area contributed by atoms with Gasteiger partial charge in [-0.15, -0.1) is 0 Å². The number of hydrogen-bond donors (Lipinski definition) is 2. The lowest BCUT2D eigenvalue weighted by atomic mass is 10.4. The van der Waals surface area contributed by atoms with Crippen LogP contribution in [0.2, 0.25) is 0 Å². The Bertz CT molecular complexity index is 457. The van der Waals surface area contributed by atoms with Gasteiger partial charge in [-0.1, -0.05) is 0 Å². The zero-order chi connectivity index (χ0) is 13.6. The van der Waals surface area contributed by atoms with Gasteiger partial charge in [0.15, 0.2) is 0 Å². The van der Waals surface area contributed by atoms with E-state index in [9.17, 15) is 8.42 Å². The highest BCUT2D eigenvalue weighted by Crippen LogP contribution is 2.07. The van der Waals surface area contributed by atoms with Gasteiger partial charge in [-0.25, -0.2) is 13.1 Å². The van der Waals surface area contributed by atoms with Gasteiger partial charge in [0.1, 0.15) is 4.90 Å². The van der Waals surface area contributed by atoms with Gasteiger partial charge in [0, 0.05) is 25.4 Å². The molecule has 18 heavy (non-hydrogen) atoms. The molecule has 0 fully saturated rings. The summed E-state index contributed by atoms with van der Waals surface area (Å²) in [4.78, 5) is 0.138. The molecule has 0 aliphatic carbocycles. The van der Waals surface area contributed by atoms with Crippen LogP contribution >= 0.6 is 0 Å². The van der Waals surface area contributed by atoms with Crippen molar-refractivity contribution in [2.75, 3.05) is 19.8 Å². The minimum Gasteiger partial charge on any atom is -0.380 e. The van der Waals surface area contributed by atoms with Crippen molar-refractivity contribution in [2.45, 2.75) is 31.3 Å². The first-order valence-electron chi connectivity index (χ1n) is 5.82. The Balaban J connectivity index is 2.67.